The molecule has 1 aromatic rings. The second-order valence-corrected chi connectivity index (χ2v) is 10.6. The number of carbonyl (C=O) groups is 2. The molecular weight excluding hydrogens is 460 g/mol. The van der Waals surface area contributed by atoms with E-state index in [9.17, 15) is 18.4 Å². The average Bonchev–Trinajstić information content (AvgIpc) is 3.54. The van der Waals surface area contributed by atoms with Crippen LogP contribution in [0.5, 0.6) is 0 Å². The van der Waals surface area contributed by atoms with Crippen LogP contribution in [0.25, 0.3) is 0 Å². The van der Waals surface area contributed by atoms with E-state index in [1.165, 1.54) is 6.42 Å². The predicted molar refractivity (Wildman–Crippen MR) is 141 cm³/mol. The maximum absolute atomic E-state index is 13.4. The number of benzene rings is 1. The third kappa shape index (κ3) is 6.74. The molecule has 4 rings (SSSR count). The highest BCUT2D eigenvalue weighted by Crippen LogP contribution is 2.57. The van der Waals surface area contributed by atoms with Gasteiger partial charge in [-0.3, -0.25) is 9.59 Å². The van der Waals surface area contributed by atoms with Crippen molar-refractivity contribution in [1.82, 2.24) is 10.2 Å². The Morgan fingerprint density at radius 3 is 2.53 bits per heavy atom. The molecule has 198 valence electrons. The van der Waals surface area contributed by atoms with Gasteiger partial charge in [0, 0.05) is 44.7 Å². The third-order valence-electron chi connectivity index (χ3n) is 7.91. The number of allylic oxidation sites excluding steroid dienone is 3. The summed E-state index contributed by atoms with van der Waals surface area (Å²) in [4.78, 5) is 28.9. The molecule has 2 unspecified atom stereocenters. The lowest BCUT2D eigenvalue weighted by atomic mass is 9.91. The van der Waals surface area contributed by atoms with Gasteiger partial charge in [0.2, 0.25) is 5.92 Å². The van der Waals surface area contributed by atoms with Crippen LogP contribution in [0.4, 0.5) is 14.5 Å². The molecule has 1 saturated heterocycles. The van der Waals surface area contributed by atoms with Crippen molar-refractivity contribution in [2.24, 2.45) is 11.3 Å². The Labute approximate surface area is 214 Å². The largest absolute Gasteiger partial charge is 0.377 e. The molecule has 1 N–H and O–H groups in total. The van der Waals surface area contributed by atoms with Gasteiger partial charge in [0.25, 0.3) is 5.91 Å². The zero-order valence-electron chi connectivity index (χ0n) is 22.3. The number of halogens is 2. The monoisotopic (exact) mass is 501 g/mol. The Hall–Kier alpha value is -2.70. The highest BCUT2D eigenvalue weighted by atomic mass is 19.3. The first-order valence-electron chi connectivity index (χ1n) is 13.2. The number of amides is 1. The van der Waals surface area contributed by atoms with E-state index in [2.05, 4.69) is 17.1 Å². The quantitative estimate of drug-likeness (QED) is 0.279. The van der Waals surface area contributed by atoms with Crippen molar-refractivity contribution in [3.8, 4) is 0 Å². The molecule has 0 aromatic heterocycles. The lowest BCUT2D eigenvalue weighted by Gasteiger charge is -2.33. The van der Waals surface area contributed by atoms with Gasteiger partial charge in [0.1, 0.15) is 0 Å². The standard InChI is InChI=1S/C27H35F2N3O2.C2H6/c1-19-6-7-23(24(15-19)32-14-12-26(2)16-20(26)17-32)25(34)30-21(18-33)5-4-13-31(3)22-8-10-27(28,29)11-9-22;1-2/h4-7,13,15,18,20,22H,8-12,14,16-17H2,1-3H3,(H,30,34);1-2H3/b13-4-,21-5+;. The summed E-state index contributed by atoms with van der Waals surface area (Å²) in [7, 11) is 1.85. The van der Waals surface area contributed by atoms with Gasteiger partial charge in [-0.15, -0.1) is 0 Å². The van der Waals surface area contributed by atoms with E-state index in [4.69, 9.17) is 0 Å². The Morgan fingerprint density at radius 2 is 1.89 bits per heavy atom. The van der Waals surface area contributed by atoms with Gasteiger partial charge in [-0.1, -0.05) is 26.8 Å². The summed E-state index contributed by atoms with van der Waals surface area (Å²) >= 11 is 0. The number of anilines is 1. The van der Waals surface area contributed by atoms with Crippen LogP contribution in [0, 0.1) is 18.3 Å². The molecular formula is C29H41F2N3O2. The minimum absolute atomic E-state index is 0.0477. The molecule has 1 aromatic carbocycles. The van der Waals surface area contributed by atoms with Gasteiger partial charge in [-0.05, 0) is 80.0 Å². The first kappa shape index (κ1) is 27.9. The molecule has 0 spiro atoms. The van der Waals surface area contributed by atoms with Crippen LogP contribution >= 0.6 is 0 Å². The summed E-state index contributed by atoms with van der Waals surface area (Å²) in [6.07, 6.45) is 8.64. The highest BCUT2D eigenvalue weighted by molar-refractivity contribution is 6.02. The molecule has 1 heterocycles. The SMILES string of the molecule is CC.Cc1ccc(C(=O)N/C(C=O)=C/C=C\N(C)C2CCC(F)(F)CC2)c(N2CCC3(C)CC3C2)c1. The van der Waals surface area contributed by atoms with Gasteiger partial charge in [0.15, 0.2) is 6.29 Å². The fraction of sp³-hybridized carbons (Fsp3) is 0.586. The summed E-state index contributed by atoms with van der Waals surface area (Å²) in [5, 5.41) is 2.73. The average molecular weight is 502 g/mol. The molecule has 5 nitrogen and oxygen atoms in total. The van der Waals surface area contributed by atoms with Crippen LogP contribution in [0.1, 0.15) is 75.2 Å². The van der Waals surface area contributed by atoms with E-state index in [1.54, 1.807) is 18.4 Å². The van der Waals surface area contributed by atoms with Crippen LogP contribution in [0.2, 0.25) is 0 Å². The van der Waals surface area contributed by atoms with E-state index in [-0.39, 0.29) is 30.5 Å². The number of fused-ring (bicyclic) bond motifs is 1. The van der Waals surface area contributed by atoms with Crippen molar-refractivity contribution in [2.45, 2.75) is 78.2 Å². The van der Waals surface area contributed by atoms with E-state index in [0.29, 0.717) is 36.0 Å². The van der Waals surface area contributed by atoms with Gasteiger partial charge in [0.05, 0.1) is 11.3 Å². The van der Waals surface area contributed by atoms with Gasteiger partial charge in [-0.25, -0.2) is 8.78 Å². The molecule has 0 radical (unpaired) electrons. The van der Waals surface area contributed by atoms with Crippen molar-refractivity contribution in [2.75, 3.05) is 25.0 Å². The maximum atomic E-state index is 13.4. The van der Waals surface area contributed by atoms with Gasteiger partial charge < -0.3 is 15.1 Å². The zero-order valence-corrected chi connectivity index (χ0v) is 22.3. The fourth-order valence-corrected chi connectivity index (χ4v) is 5.30. The summed E-state index contributed by atoms with van der Waals surface area (Å²) in [6.45, 7) is 10.2. The summed E-state index contributed by atoms with van der Waals surface area (Å²) in [5.41, 5.74) is 3.19. The summed E-state index contributed by atoms with van der Waals surface area (Å²) in [5.74, 6) is -2.19. The lowest BCUT2D eigenvalue weighted by Crippen LogP contribution is -2.36. The van der Waals surface area contributed by atoms with Crippen LogP contribution in [0.15, 0.2) is 42.2 Å². The number of piperidine rings is 1. The van der Waals surface area contributed by atoms with E-state index >= 15 is 0 Å². The van der Waals surface area contributed by atoms with Gasteiger partial charge in [-0.2, -0.15) is 0 Å². The van der Waals surface area contributed by atoms with Crippen LogP contribution in [0.3, 0.4) is 0 Å². The first-order valence-corrected chi connectivity index (χ1v) is 13.2. The molecule has 1 aliphatic heterocycles. The molecule has 2 aliphatic carbocycles. The molecule has 1 amide bonds. The summed E-state index contributed by atoms with van der Waals surface area (Å²) in [6, 6.07) is 5.83. The number of hydrogen-bond acceptors (Lipinski definition) is 4. The Morgan fingerprint density at radius 1 is 1.19 bits per heavy atom. The Bertz CT molecular complexity index is 996. The lowest BCUT2D eigenvalue weighted by molar-refractivity contribution is -0.105. The number of nitrogens with zero attached hydrogens (tertiary/aromatic N) is 2. The number of alkyl halides is 2. The summed E-state index contributed by atoms with van der Waals surface area (Å²) < 4.78 is 26.8. The number of carbonyl (C=O) groups excluding carboxylic acids is 2. The van der Waals surface area contributed by atoms with Gasteiger partial charge >= 0.3 is 0 Å². The van der Waals surface area contributed by atoms with Crippen LogP contribution < -0.4 is 10.2 Å². The molecule has 7 heteroatoms. The highest BCUT2D eigenvalue weighted by Gasteiger charge is 2.52. The second kappa shape index (κ2) is 11.6. The smallest absolute Gasteiger partial charge is 0.257 e. The number of hydrogen-bond donors (Lipinski definition) is 1. The first-order chi connectivity index (χ1) is 17.1. The third-order valence-corrected chi connectivity index (χ3v) is 7.91. The minimum atomic E-state index is -2.56. The molecule has 2 saturated carbocycles. The molecule has 3 fully saturated rings. The molecule has 3 aliphatic rings. The predicted octanol–water partition coefficient (Wildman–Crippen LogP) is 6.09. The number of aryl methyl sites for hydroxylation is 1. The van der Waals surface area contributed by atoms with Crippen LogP contribution in [-0.4, -0.2) is 49.2 Å². The fourth-order valence-electron chi connectivity index (χ4n) is 5.30. The van der Waals surface area contributed by atoms with Crippen molar-refractivity contribution < 1.29 is 18.4 Å². The second-order valence-electron chi connectivity index (χ2n) is 10.6. The van der Waals surface area contributed by atoms with Crippen molar-refractivity contribution in [3.05, 3.63) is 53.4 Å². The van der Waals surface area contributed by atoms with Crippen molar-refractivity contribution >= 4 is 17.9 Å². The van der Waals surface area contributed by atoms with E-state index < -0.39 is 5.92 Å². The minimum Gasteiger partial charge on any atom is -0.377 e. The number of nitrogens with one attached hydrogen (secondary N) is 1. The maximum Gasteiger partial charge on any atom is 0.257 e. The zero-order chi connectivity index (χ0) is 26.5. The van der Waals surface area contributed by atoms with Crippen LogP contribution in [-0.2, 0) is 4.79 Å². The van der Waals surface area contributed by atoms with Crippen molar-refractivity contribution in [1.29, 1.82) is 0 Å². The molecule has 0 bridgehead atoms. The Balaban J connectivity index is 0.00000176. The topological polar surface area (TPSA) is 52.7 Å². The number of aldehydes is 1. The van der Waals surface area contributed by atoms with E-state index in [0.717, 1.165) is 30.8 Å². The molecule has 2 atom stereocenters. The number of rotatable bonds is 7. The Kier molecular flexibility index (Phi) is 8.96. The van der Waals surface area contributed by atoms with Crippen molar-refractivity contribution in [3.63, 3.8) is 0 Å². The molecule has 36 heavy (non-hydrogen) atoms. The van der Waals surface area contributed by atoms with E-state index in [1.807, 2.05) is 50.9 Å². The normalized spacial score (nSPS) is 25.5.